The second-order valence-electron chi connectivity index (χ2n) is 2.22. The highest BCUT2D eigenvalue weighted by Crippen LogP contribution is 2.47. The second kappa shape index (κ2) is 3.30. The monoisotopic (exact) mass is 216 g/mol. The highest BCUT2D eigenvalue weighted by molar-refractivity contribution is 4.90. The van der Waals surface area contributed by atoms with Crippen molar-refractivity contribution in [2.75, 3.05) is 6.67 Å². The van der Waals surface area contributed by atoms with Crippen LogP contribution in [0.4, 0.5) is 35.1 Å². The Bertz CT molecular complexity index is 168. The number of rotatable bonds is 3. The quantitative estimate of drug-likeness (QED) is 0.635. The van der Waals surface area contributed by atoms with Gasteiger partial charge in [-0.3, -0.25) is 4.39 Å². The lowest BCUT2D eigenvalue weighted by Gasteiger charge is -2.27. The van der Waals surface area contributed by atoms with Gasteiger partial charge in [-0.1, -0.05) is 0 Å². The summed E-state index contributed by atoms with van der Waals surface area (Å²) in [6.45, 7) is -1.95. The van der Waals surface area contributed by atoms with Crippen LogP contribution in [0, 0.1) is 0 Å². The molecule has 0 amide bonds. The molecule has 8 heteroatoms. The van der Waals surface area contributed by atoms with Gasteiger partial charge < -0.3 is 0 Å². The van der Waals surface area contributed by atoms with E-state index in [-0.39, 0.29) is 0 Å². The SMILES string of the molecule is FCCC(F)(F)C(F)(F)C(F)(F)F. The van der Waals surface area contributed by atoms with E-state index in [1.807, 2.05) is 0 Å². The van der Waals surface area contributed by atoms with Crippen LogP contribution in [0.3, 0.4) is 0 Å². The van der Waals surface area contributed by atoms with Crippen LogP contribution in [0.2, 0.25) is 0 Å². The first kappa shape index (κ1) is 12.4. The fourth-order valence-electron chi connectivity index (χ4n) is 0.483. The van der Waals surface area contributed by atoms with E-state index in [2.05, 4.69) is 0 Å². The van der Waals surface area contributed by atoms with Gasteiger partial charge in [0.25, 0.3) is 0 Å². The molecule has 0 bridgehead atoms. The molecule has 0 aliphatic heterocycles. The maximum absolute atomic E-state index is 12.0. The van der Waals surface area contributed by atoms with Crippen molar-refractivity contribution in [3.05, 3.63) is 0 Å². The smallest absolute Gasteiger partial charge is 0.251 e. The van der Waals surface area contributed by atoms with E-state index in [0.717, 1.165) is 0 Å². The third kappa shape index (κ3) is 2.22. The molecule has 0 aromatic heterocycles. The van der Waals surface area contributed by atoms with Crippen LogP contribution < -0.4 is 0 Å². The number of hydrogen-bond donors (Lipinski definition) is 0. The fourth-order valence-corrected chi connectivity index (χ4v) is 0.483. The Hall–Kier alpha value is -0.560. The van der Waals surface area contributed by atoms with E-state index in [1.165, 1.54) is 0 Å². The molecule has 0 saturated carbocycles. The van der Waals surface area contributed by atoms with Crippen molar-refractivity contribution < 1.29 is 35.1 Å². The minimum Gasteiger partial charge on any atom is -0.251 e. The van der Waals surface area contributed by atoms with E-state index >= 15 is 0 Å². The van der Waals surface area contributed by atoms with Crippen molar-refractivity contribution in [1.29, 1.82) is 0 Å². The Morgan fingerprint density at radius 2 is 1.15 bits per heavy atom. The summed E-state index contributed by atoms with van der Waals surface area (Å²) in [6.07, 6.45) is -8.52. The molecule has 0 heterocycles. The van der Waals surface area contributed by atoms with Crippen molar-refractivity contribution in [2.45, 2.75) is 24.4 Å². The van der Waals surface area contributed by atoms with Crippen molar-refractivity contribution in [2.24, 2.45) is 0 Å². The summed E-state index contributed by atoms with van der Waals surface area (Å²) in [4.78, 5) is 0. The molecule has 0 aliphatic rings. The molecule has 80 valence electrons. The Morgan fingerprint density at radius 1 is 0.769 bits per heavy atom. The minimum atomic E-state index is -6.37. The van der Waals surface area contributed by atoms with Gasteiger partial charge >= 0.3 is 18.0 Å². The van der Waals surface area contributed by atoms with Crippen LogP contribution in [-0.4, -0.2) is 24.7 Å². The molecule has 0 aromatic carbocycles. The summed E-state index contributed by atoms with van der Waals surface area (Å²) < 4.78 is 92.8. The molecule has 0 nitrogen and oxygen atoms in total. The standard InChI is InChI=1S/C5H4F8/c6-2-1-3(7,8)4(9,10)5(11,12)13/h1-2H2. The molecule has 0 spiro atoms. The van der Waals surface area contributed by atoms with Crippen molar-refractivity contribution in [3.63, 3.8) is 0 Å². The van der Waals surface area contributed by atoms with Gasteiger partial charge in [-0.2, -0.15) is 30.7 Å². The molecule has 0 aromatic rings. The first-order valence-electron chi connectivity index (χ1n) is 2.94. The van der Waals surface area contributed by atoms with Gasteiger partial charge in [0, 0.05) is 6.42 Å². The van der Waals surface area contributed by atoms with E-state index in [9.17, 15) is 35.1 Å². The maximum Gasteiger partial charge on any atom is 0.459 e. The zero-order valence-electron chi connectivity index (χ0n) is 5.94. The molecule has 0 aliphatic carbocycles. The summed E-state index contributed by atoms with van der Waals surface area (Å²) in [5.74, 6) is -11.6. The van der Waals surface area contributed by atoms with Gasteiger partial charge in [0.2, 0.25) is 0 Å². The van der Waals surface area contributed by atoms with Crippen LogP contribution in [0.1, 0.15) is 6.42 Å². The second-order valence-corrected chi connectivity index (χ2v) is 2.22. The van der Waals surface area contributed by atoms with E-state index in [0.29, 0.717) is 0 Å². The van der Waals surface area contributed by atoms with Gasteiger partial charge in [-0.05, 0) is 0 Å². The first-order chi connectivity index (χ1) is 5.56. The predicted octanol–water partition coefficient (Wildman–Crippen LogP) is 3.18. The summed E-state index contributed by atoms with van der Waals surface area (Å²) in [7, 11) is 0. The van der Waals surface area contributed by atoms with E-state index in [1.54, 1.807) is 0 Å². The average Bonchev–Trinajstić information content (AvgIpc) is 1.84. The lowest BCUT2D eigenvalue weighted by Crippen LogP contribution is -2.52. The molecule has 0 radical (unpaired) electrons. The highest BCUT2D eigenvalue weighted by atomic mass is 19.4. The molecule has 13 heavy (non-hydrogen) atoms. The number of alkyl halides is 8. The zero-order chi connectivity index (χ0) is 10.9. The minimum absolute atomic E-state index is 1.95. The summed E-state index contributed by atoms with van der Waals surface area (Å²) in [6, 6.07) is 0. The van der Waals surface area contributed by atoms with Gasteiger partial charge in [0.15, 0.2) is 0 Å². The van der Waals surface area contributed by atoms with Crippen molar-refractivity contribution in [3.8, 4) is 0 Å². The van der Waals surface area contributed by atoms with Gasteiger partial charge in [0.1, 0.15) is 0 Å². The third-order valence-electron chi connectivity index (χ3n) is 1.22. The van der Waals surface area contributed by atoms with Gasteiger partial charge in [0.05, 0.1) is 6.67 Å². The van der Waals surface area contributed by atoms with Crippen LogP contribution in [-0.2, 0) is 0 Å². The first-order valence-corrected chi connectivity index (χ1v) is 2.94. The molecule has 0 saturated heterocycles. The van der Waals surface area contributed by atoms with E-state index in [4.69, 9.17) is 0 Å². The average molecular weight is 216 g/mol. The van der Waals surface area contributed by atoms with Crippen LogP contribution in [0.5, 0.6) is 0 Å². The zero-order valence-corrected chi connectivity index (χ0v) is 5.94. The van der Waals surface area contributed by atoms with Crippen LogP contribution in [0.25, 0.3) is 0 Å². The number of halogens is 8. The van der Waals surface area contributed by atoms with E-state index < -0.39 is 31.1 Å². The molecule has 0 rings (SSSR count). The molecular weight excluding hydrogens is 212 g/mol. The normalized spacial score (nSPS) is 14.8. The van der Waals surface area contributed by atoms with Crippen molar-refractivity contribution >= 4 is 0 Å². The summed E-state index contributed by atoms with van der Waals surface area (Å²) in [5.41, 5.74) is 0. The molecular formula is C5H4F8. The Labute approximate surface area is 67.5 Å². The largest absolute Gasteiger partial charge is 0.459 e. The van der Waals surface area contributed by atoms with Crippen LogP contribution >= 0.6 is 0 Å². The third-order valence-corrected chi connectivity index (χ3v) is 1.22. The maximum atomic E-state index is 12.0. The molecule has 0 fully saturated rings. The Balaban J connectivity index is 4.81. The summed E-state index contributed by atoms with van der Waals surface area (Å²) in [5, 5.41) is 0. The molecule has 0 atom stereocenters. The van der Waals surface area contributed by atoms with Gasteiger partial charge in [-0.15, -0.1) is 0 Å². The predicted molar refractivity (Wildman–Crippen MR) is 26.5 cm³/mol. The summed E-state index contributed by atoms with van der Waals surface area (Å²) >= 11 is 0. The number of hydrogen-bond acceptors (Lipinski definition) is 0. The fraction of sp³-hybridized carbons (Fsp3) is 1.00. The topological polar surface area (TPSA) is 0 Å². The lowest BCUT2D eigenvalue weighted by atomic mass is 10.1. The van der Waals surface area contributed by atoms with Gasteiger partial charge in [-0.25, -0.2) is 0 Å². The Morgan fingerprint density at radius 3 is 1.38 bits per heavy atom. The molecule has 0 N–H and O–H groups in total. The lowest BCUT2D eigenvalue weighted by molar-refractivity contribution is -0.355. The molecule has 0 unspecified atom stereocenters. The highest BCUT2D eigenvalue weighted by Gasteiger charge is 2.72. The Kier molecular flexibility index (Phi) is 3.16. The van der Waals surface area contributed by atoms with Crippen LogP contribution in [0.15, 0.2) is 0 Å². The van der Waals surface area contributed by atoms with Crippen molar-refractivity contribution in [1.82, 2.24) is 0 Å².